The summed E-state index contributed by atoms with van der Waals surface area (Å²) in [6.45, 7) is 3.10. The zero-order valence-electron chi connectivity index (χ0n) is 11.9. The molecule has 0 fully saturated rings. The van der Waals surface area contributed by atoms with Crippen LogP contribution < -0.4 is 10.1 Å². The van der Waals surface area contributed by atoms with E-state index in [0.717, 1.165) is 12.0 Å². The average molecular weight is 286 g/mol. The second kappa shape index (κ2) is 6.88. The van der Waals surface area contributed by atoms with Crippen molar-refractivity contribution in [3.63, 3.8) is 0 Å². The van der Waals surface area contributed by atoms with Crippen LogP contribution in [0.2, 0.25) is 0 Å². The number of ether oxygens (including phenoxy) is 1. The van der Waals surface area contributed by atoms with Gasteiger partial charge in [0.1, 0.15) is 10.6 Å². The van der Waals surface area contributed by atoms with Crippen LogP contribution in [0.15, 0.2) is 23.1 Å². The predicted molar refractivity (Wildman–Crippen MR) is 75.9 cm³/mol. The molecule has 5 nitrogen and oxygen atoms in total. The van der Waals surface area contributed by atoms with Crippen molar-refractivity contribution in [3.8, 4) is 5.75 Å². The molecule has 6 heteroatoms. The fourth-order valence-electron chi connectivity index (χ4n) is 1.84. The lowest BCUT2D eigenvalue weighted by Gasteiger charge is -2.18. The van der Waals surface area contributed by atoms with Gasteiger partial charge in [-0.2, -0.15) is 0 Å². The first-order valence-corrected chi connectivity index (χ1v) is 7.69. The lowest BCUT2D eigenvalue weighted by Crippen LogP contribution is -2.28. The molecule has 0 saturated carbocycles. The van der Waals surface area contributed by atoms with Crippen LogP contribution >= 0.6 is 0 Å². The Labute approximate surface area is 115 Å². The minimum Gasteiger partial charge on any atom is -0.495 e. The molecule has 0 aromatic heterocycles. The highest BCUT2D eigenvalue weighted by Crippen LogP contribution is 2.27. The predicted octanol–water partition coefficient (Wildman–Crippen LogP) is 1.45. The second-order valence-electron chi connectivity index (χ2n) is 4.34. The minimum atomic E-state index is -3.49. The molecule has 0 aliphatic rings. The van der Waals surface area contributed by atoms with Gasteiger partial charge in [-0.15, -0.1) is 0 Å². The van der Waals surface area contributed by atoms with Gasteiger partial charge in [0.25, 0.3) is 0 Å². The van der Waals surface area contributed by atoms with Crippen molar-refractivity contribution in [2.75, 3.05) is 27.7 Å². The van der Waals surface area contributed by atoms with Crippen molar-refractivity contribution < 1.29 is 13.2 Å². The van der Waals surface area contributed by atoms with Crippen LogP contribution in [0.3, 0.4) is 0 Å². The van der Waals surface area contributed by atoms with E-state index in [1.807, 2.05) is 14.0 Å². The summed E-state index contributed by atoms with van der Waals surface area (Å²) in [5, 5.41) is 3.02. The first-order valence-electron chi connectivity index (χ1n) is 6.25. The molecule has 0 heterocycles. The molecule has 0 unspecified atom stereocenters. The Morgan fingerprint density at radius 1 is 1.37 bits per heavy atom. The maximum atomic E-state index is 12.4. The molecule has 0 saturated heterocycles. The molecule has 1 rings (SSSR count). The number of nitrogens with zero attached hydrogens (tertiary/aromatic N) is 1. The number of sulfonamides is 1. The molecule has 0 spiro atoms. The van der Waals surface area contributed by atoms with E-state index >= 15 is 0 Å². The first-order chi connectivity index (χ1) is 8.97. The van der Waals surface area contributed by atoms with Gasteiger partial charge in [0.2, 0.25) is 10.0 Å². The standard InChI is InChI=1S/C13H22N2O3S/c1-5-8-15(3)19(16,17)13-7-6-11(10-14-2)9-12(13)18-4/h6-7,9,14H,5,8,10H2,1-4H3. The van der Waals surface area contributed by atoms with Gasteiger partial charge in [0, 0.05) is 20.1 Å². The molecule has 0 bridgehead atoms. The van der Waals surface area contributed by atoms with Gasteiger partial charge in [0.05, 0.1) is 7.11 Å². The second-order valence-corrected chi connectivity index (χ2v) is 6.36. The van der Waals surface area contributed by atoms with Gasteiger partial charge in [-0.1, -0.05) is 13.0 Å². The van der Waals surface area contributed by atoms with Crippen molar-refractivity contribution in [2.24, 2.45) is 0 Å². The zero-order valence-corrected chi connectivity index (χ0v) is 12.8. The lowest BCUT2D eigenvalue weighted by atomic mass is 10.2. The Kier molecular flexibility index (Phi) is 5.78. The van der Waals surface area contributed by atoms with Crippen molar-refractivity contribution in [2.45, 2.75) is 24.8 Å². The molecule has 0 aliphatic heterocycles. The van der Waals surface area contributed by atoms with Crippen LogP contribution in [0, 0.1) is 0 Å². The lowest BCUT2D eigenvalue weighted by molar-refractivity contribution is 0.397. The summed E-state index contributed by atoms with van der Waals surface area (Å²) in [4.78, 5) is 0.214. The van der Waals surface area contributed by atoms with E-state index in [0.29, 0.717) is 18.8 Å². The van der Waals surface area contributed by atoms with Gasteiger partial charge in [-0.05, 0) is 31.2 Å². The number of methoxy groups -OCH3 is 1. The monoisotopic (exact) mass is 286 g/mol. The molecular weight excluding hydrogens is 264 g/mol. The fraction of sp³-hybridized carbons (Fsp3) is 0.538. The molecule has 108 valence electrons. The summed E-state index contributed by atoms with van der Waals surface area (Å²) in [6.07, 6.45) is 0.774. The largest absolute Gasteiger partial charge is 0.495 e. The summed E-state index contributed by atoms with van der Waals surface area (Å²) < 4.78 is 31.4. The zero-order chi connectivity index (χ0) is 14.5. The highest BCUT2D eigenvalue weighted by molar-refractivity contribution is 7.89. The molecule has 0 aliphatic carbocycles. The summed E-state index contributed by atoms with van der Waals surface area (Å²) in [5.74, 6) is 0.385. The van der Waals surface area contributed by atoms with E-state index in [9.17, 15) is 8.42 Å². The number of hydrogen-bond donors (Lipinski definition) is 1. The number of nitrogens with one attached hydrogen (secondary N) is 1. The Balaban J connectivity index is 3.19. The SMILES string of the molecule is CCCN(C)S(=O)(=O)c1ccc(CNC)cc1OC. The summed E-state index contributed by atoms with van der Waals surface area (Å²) in [7, 11) is 1.42. The Hall–Kier alpha value is -1.11. The summed E-state index contributed by atoms with van der Waals surface area (Å²) >= 11 is 0. The topological polar surface area (TPSA) is 58.6 Å². The molecule has 0 amide bonds. The smallest absolute Gasteiger partial charge is 0.246 e. The van der Waals surface area contributed by atoms with Gasteiger partial charge in [-0.3, -0.25) is 0 Å². The van der Waals surface area contributed by atoms with Gasteiger partial charge >= 0.3 is 0 Å². The van der Waals surface area contributed by atoms with E-state index in [2.05, 4.69) is 5.32 Å². The highest BCUT2D eigenvalue weighted by Gasteiger charge is 2.24. The number of benzene rings is 1. The van der Waals surface area contributed by atoms with Crippen LogP contribution in [-0.4, -0.2) is 40.5 Å². The third kappa shape index (κ3) is 3.68. The van der Waals surface area contributed by atoms with Gasteiger partial charge < -0.3 is 10.1 Å². The van der Waals surface area contributed by atoms with Crippen LogP contribution in [-0.2, 0) is 16.6 Å². The highest BCUT2D eigenvalue weighted by atomic mass is 32.2. The quantitative estimate of drug-likeness (QED) is 0.824. The Morgan fingerprint density at radius 2 is 2.05 bits per heavy atom. The van der Waals surface area contributed by atoms with E-state index in [1.165, 1.54) is 11.4 Å². The number of rotatable bonds is 7. The van der Waals surface area contributed by atoms with Gasteiger partial charge in [0.15, 0.2) is 0 Å². The van der Waals surface area contributed by atoms with Crippen LogP contribution in [0.1, 0.15) is 18.9 Å². The summed E-state index contributed by atoms with van der Waals surface area (Å²) in [6, 6.07) is 5.15. The van der Waals surface area contributed by atoms with Crippen LogP contribution in [0.5, 0.6) is 5.75 Å². The van der Waals surface area contributed by atoms with E-state index < -0.39 is 10.0 Å². The molecule has 0 radical (unpaired) electrons. The van der Waals surface area contributed by atoms with Crippen LogP contribution in [0.4, 0.5) is 0 Å². The van der Waals surface area contributed by atoms with E-state index in [4.69, 9.17) is 4.74 Å². The minimum absolute atomic E-state index is 0.214. The van der Waals surface area contributed by atoms with Crippen molar-refractivity contribution >= 4 is 10.0 Å². The van der Waals surface area contributed by atoms with Gasteiger partial charge in [-0.25, -0.2) is 12.7 Å². The maximum Gasteiger partial charge on any atom is 0.246 e. The normalized spacial score (nSPS) is 11.8. The Bertz CT molecular complexity index is 515. The van der Waals surface area contributed by atoms with Crippen molar-refractivity contribution in [3.05, 3.63) is 23.8 Å². The molecule has 0 atom stereocenters. The van der Waals surface area contributed by atoms with E-state index in [-0.39, 0.29) is 4.90 Å². The average Bonchev–Trinajstić information content (AvgIpc) is 2.39. The summed E-state index contributed by atoms with van der Waals surface area (Å²) in [5.41, 5.74) is 0.983. The fourth-order valence-corrected chi connectivity index (χ4v) is 3.24. The molecular formula is C13H22N2O3S. The molecule has 19 heavy (non-hydrogen) atoms. The molecule has 1 N–H and O–H groups in total. The Morgan fingerprint density at radius 3 is 2.58 bits per heavy atom. The third-order valence-electron chi connectivity index (χ3n) is 2.84. The third-order valence-corrected chi connectivity index (χ3v) is 4.73. The van der Waals surface area contributed by atoms with Crippen molar-refractivity contribution in [1.82, 2.24) is 9.62 Å². The first kappa shape index (κ1) is 15.9. The van der Waals surface area contributed by atoms with Crippen molar-refractivity contribution in [1.29, 1.82) is 0 Å². The van der Waals surface area contributed by atoms with E-state index in [1.54, 1.807) is 25.2 Å². The number of hydrogen-bond acceptors (Lipinski definition) is 4. The molecule has 1 aromatic rings. The molecule has 1 aromatic carbocycles. The maximum absolute atomic E-state index is 12.4. The van der Waals surface area contributed by atoms with Crippen LogP contribution in [0.25, 0.3) is 0 Å².